The summed E-state index contributed by atoms with van der Waals surface area (Å²) in [4.78, 5) is 38.6. The van der Waals surface area contributed by atoms with Gasteiger partial charge in [-0.2, -0.15) is 0 Å². The molecule has 1 amide bonds. The standard InChI is InChI=1S/C22H21N3O4/c1-2-20(27)24-18-11-4-3-9-16(18)23-17-10-6-12-19(26)21(17)22(24)14-7-5-8-15(13-14)25(28)29/h3-5,7-9,11,13,22-23H,2,6,10,12H2,1H3. The molecule has 0 radical (unpaired) electrons. The summed E-state index contributed by atoms with van der Waals surface area (Å²) in [6, 6.07) is 12.9. The van der Waals surface area contributed by atoms with E-state index in [1.807, 2.05) is 24.3 Å². The Kier molecular flexibility index (Phi) is 4.88. The number of ketones is 1. The fraction of sp³-hybridized carbons (Fsp3) is 0.273. The summed E-state index contributed by atoms with van der Waals surface area (Å²) < 4.78 is 0. The Morgan fingerprint density at radius 3 is 2.76 bits per heavy atom. The molecule has 0 saturated carbocycles. The summed E-state index contributed by atoms with van der Waals surface area (Å²) in [5.74, 6) is -0.181. The van der Waals surface area contributed by atoms with Crippen LogP contribution >= 0.6 is 0 Å². The van der Waals surface area contributed by atoms with Gasteiger partial charge in [-0.15, -0.1) is 0 Å². The first-order valence-electron chi connectivity index (χ1n) is 9.70. The van der Waals surface area contributed by atoms with Crippen molar-refractivity contribution in [2.75, 3.05) is 10.2 Å². The highest BCUT2D eigenvalue weighted by Gasteiger charge is 2.39. The number of hydrogen-bond acceptors (Lipinski definition) is 5. The minimum atomic E-state index is -0.707. The normalized spacial score (nSPS) is 18.4. The fourth-order valence-electron chi connectivity index (χ4n) is 4.10. The van der Waals surface area contributed by atoms with E-state index in [2.05, 4.69) is 5.32 Å². The molecule has 0 spiro atoms. The molecule has 1 atom stereocenters. The molecule has 2 aromatic rings. The number of carbonyl (C=O) groups excluding carboxylic acids is 2. The van der Waals surface area contributed by atoms with Crippen molar-refractivity contribution in [2.24, 2.45) is 0 Å². The number of carbonyl (C=O) groups is 2. The van der Waals surface area contributed by atoms with Crippen molar-refractivity contribution in [1.82, 2.24) is 0 Å². The van der Waals surface area contributed by atoms with Gasteiger partial charge in [0.05, 0.1) is 22.3 Å². The SMILES string of the molecule is CCC(=O)N1c2ccccc2NC2=C(C(=O)CCC2)C1c1cccc([N+](=O)[O-])c1. The van der Waals surface area contributed by atoms with Gasteiger partial charge in [0, 0.05) is 36.2 Å². The summed E-state index contributed by atoms with van der Waals surface area (Å²) >= 11 is 0. The van der Waals surface area contributed by atoms with Crippen molar-refractivity contribution in [1.29, 1.82) is 0 Å². The van der Waals surface area contributed by atoms with Gasteiger partial charge in [0.2, 0.25) is 5.91 Å². The number of fused-ring (bicyclic) bond motifs is 1. The highest BCUT2D eigenvalue weighted by molar-refractivity contribution is 6.06. The largest absolute Gasteiger partial charge is 0.357 e. The maximum Gasteiger partial charge on any atom is 0.269 e. The van der Waals surface area contributed by atoms with Crippen LogP contribution in [-0.4, -0.2) is 16.6 Å². The fourth-order valence-corrected chi connectivity index (χ4v) is 4.10. The van der Waals surface area contributed by atoms with Crippen molar-refractivity contribution in [3.05, 3.63) is 75.5 Å². The molecule has 1 heterocycles. The van der Waals surface area contributed by atoms with Crippen LogP contribution in [0.5, 0.6) is 0 Å². The van der Waals surface area contributed by atoms with E-state index in [4.69, 9.17) is 0 Å². The van der Waals surface area contributed by atoms with Gasteiger partial charge in [-0.1, -0.05) is 31.2 Å². The monoisotopic (exact) mass is 391 g/mol. The number of Topliss-reactive ketones (excluding diaryl/α,β-unsaturated/α-hetero) is 1. The number of anilines is 2. The first kappa shape index (κ1) is 18.9. The van der Waals surface area contributed by atoms with E-state index >= 15 is 0 Å². The van der Waals surface area contributed by atoms with Gasteiger partial charge in [-0.25, -0.2) is 0 Å². The molecule has 1 aliphatic carbocycles. The van der Waals surface area contributed by atoms with Crippen LogP contribution in [0.15, 0.2) is 59.8 Å². The number of nitro groups is 1. The molecule has 7 nitrogen and oxygen atoms in total. The highest BCUT2D eigenvalue weighted by atomic mass is 16.6. The predicted molar refractivity (Wildman–Crippen MR) is 110 cm³/mol. The van der Waals surface area contributed by atoms with E-state index < -0.39 is 11.0 Å². The van der Waals surface area contributed by atoms with Crippen LogP contribution in [0.4, 0.5) is 17.1 Å². The zero-order valence-corrected chi connectivity index (χ0v) is 16.1. The molecule has 2 aromatic carbocycles. The Balaban J connectivity index is 2.01. The molecule has 1 unspecified atom stereocenters. The molecular weight excluding hydrogens is 370 g/mol. The quantitative estimate of drug-likeness (QED) is 0.614. The smallest absolute Gasteiger partial charge is 0.269 e. The number of allylic oxidation sites excluding steroid dienone is 1. The highest BCUT2D eigenvalue weighted by Crippen LogP contribution is 2.45. The van der Waals surface area contributed by atoms with E-state index in [-0.39, 0.29) is 23.8 Å². The van der Waals surface area contributed by atoms with Gasteiger partial charge in [0.15, 0.2) is 5.78 Å². The Morgan fingerprint density at radius 2 is 2.00 bits per heavy atom. The van der Waals surface area contributed by atoms with E-state index in [1.165, 1.54) is 12.1 Å². The molecule has 0 bridgehead atoms. The average Bonchev–Trinajstić information content (AvgIpc) is 2.88. The number of non-ortho nitro benzene ring substituents is 1. The van der Waals surface area contributed by atoms with Crippen LogP contribution in [0, 0.1) is 10.1 Å². The van der Waals surface area contributed by atoms with E-state index in [9.17, 15) is 19.7 Å². The molecule has 0 fully saturated rings. The topological polar surface area (TPSA) is 92.6 Å². The van der Waals surface area contributed by atoms with Crippen LogP contribution in [0.3, 0.4) is 0 Å². The first-order valence-corrected chi connectivity index (χ1v) is 9.70. The van der Waals surface area contributed by atoms with Crippen molar-refractivity contribution in [3.63, 3.8) is 0 Å². The van der Waals surface area contributed by atoms with Gasteiger partial charge in [0.1, 0.15) is 0 Å². The maximum atomic E-state index is 13.1. The second-order valence-electron chi connectivity index (χ2n) is 7.18. The second kappa shape index (κ2) is 7.50. The number of benzene rings is 2. The summed E-state index contributed by atoms with van der Waals surface area (Å²) in [6.07, 6.45) is 2.07. The third-order valence-corrected chi connectivity index (χ3v) is 5.40. The van der Waals surface area contributed by atoms with Crippen LogP contribution in [0.25, 0.3) is 0 Å². The number of nitro benzene ring substituents is 1. The lowest BCUT2D eigenvalue weighted by Crippen LogP contribution is -2.37. The van der Waals surface area contributed by atoms with E-state index in [0.717, 1.165) is 17.8 Å². The number of nitrogens with zero attached hydrogens (tertiary/aromatic N) is 2. The number of amides is 1. The Labute approximate surface area is 168 Å². The minimum Gasteiger partial charge on any atom is -0.357 e. The number of hydrogen-bond donors (Lipinski definition) is 1. The van der Waals surface area contributed by atoms with Gasteiger partial charge in [-0.05, 0) is 30.5 Å². The molecule has 29 heavy (non-hydrogen) atoms. The second-order valence-corrected chi connectivity index (χ2v) is 7.18. The molecule has 4 rings (SSSR count). The van der Waals surface area contributed by atoms with Crippen molar-refractivity contribution in [3.8, 4) is 0 Å². The summed E-state index contributed by atoms with van der Waals surface area (Å²) in [6.45, 7) is 1.77. The molecule has 2 aliphatic rings. The van der Waals surface area contributed by atoms with Crippen LogP contribution in [0.1, 0.15) is 44.2 Å². The number of nitrogens with one attached hydrogen (secondary N) is 1. The average molecular weight is 391 g/mol. The minimum absolute atomic E-state index is 0.0306. The summed E-state index contributed by atoms with van der Waals surface area (Å²) in [5, 5.41) is 14.7. The first-order chi connectivity index (χ1) is 14.0. The zero-order chi connectivity index (χ0) is 20.5. The van der Waals surface area contributed by atoms with Gasteiger partial charge in [0.25, 0.3) is 5.69 Å². The lowest BCUT2D eigenvalue weighted by Gasteiger charge is -2.33. The van der Waals surface area contributed by atoms with Crippen LogP contribution in [-0.2, 0) is 9.59 Å². The van der Waals surface area contributed by atoms with Gasteiger partial charge >= 0.3 is 0 Å². The predicted octanol–water partition coefficient (Wildman–Crippen LogP) is 4.51. The van der Waals surface area contributed by atoms with E-state index in [0.29, 0.717) is 29.7 Å². The van der Waals surface area contributed by atoms with Crippen molar-refractivity contribution < 1.29 is 14.5 Å². The third-order valence-electron chi connectivity index (χ3n) is 5.40. The summed E-state index contributed by atoms with van der Waals surface area (Å²) in [5.41, 5.74) is 3.22. The Morgan fingerprint density at radius 1 is 1.21 bits per heavy atom. The Bertz CT molecular complexity index is 1040. The molecule has 1 aliphatic heterocycles. The molecule has 0 aromatic heterocycles. The zero-order valence-electron chi connectivity index (χ0n) is 16.1. The molecule has 7 heteroatoms. The maximum absolute atomic E-state index is 13.1. The van der Waals surface area contributed by atoms with Crippen LogP contribution < -0.4 is 10.2 Å². The van der Waals surface area contributed by atoms with E-state index in [1.54, 1.807) is 24.0 Å². The van der Waals surface area contributed by atoms with Gasteiger partial charge in [-0.3, -0.25) is 24.6 Å². The molecule has 1 N–H and O–H groups in total. The molecule has 0 saturated heterocycles. The Hall–Kier alpha value is -3.48. The molecule has 148 valence electrons. The van der Waals surface area contributed by atoms with Crippen molar-refractivity contribution in [2.45, 2.75) is 38.6 Å². The van der Waals surface area contributed by atoms with Crippen LogP contribution in [0.2, 0.25) is 0 Å². The summed E-state index contributed by atoms with van der Waals surface area (Å²) in [7, 11) is 0. The lowest BCUT2D eigenvalue weighted by atomic mass is 9.85. The molecular formula is C22H21N3O4. The number of rotatable bonds is 3. The van der Waals surface area contributed by atoms with Gasteiger partial charge < -0.3 is 5.32 Å². The number of para-hydroxylation sites is 2. The third kappa shape index (κ3) is 3.29. The van der Waals surface area contributed by atoms with Crippen molar-refractivity contribution >= 4 is 28.8 Å². The lowest BCUT2D eigenvalue weighted by molar-refractivity contribution is -0.384.